The van der Waals surface area contributed by atoms with Gasteiger partial charge in [-0.25, -0.2) is 0 Å². The molecular formula is C23H28N2O4. The fraction of sp³-hybridized carbons (Fsp3) is 0.348. The fourth-order valence-corrected chi connectivity index (χ4v) is 2.82. The number of nitrogens with one attached hydrogen (secondary N) is 2. The highest BCUT2D eigenvalue weighted by molar-refractivity contribution is 5.94. The van der Waals surface area contributed by atoms with E-state index >= 15 is 0 Å². The predicted molar refractivity (Wildman–Crippen MR) is 114 cm³/mol. The zero-order valence-corrected chi connectivity index (χ0v) is 17.0. The van der Waals surface area contributed by atoms with Gasteiger partial charge in [-0.2, -0.15) is 0 Å². The van der Waals surface area contributed by atoms with Crippen LogP contribution in [-0.4, -0.2) is 24.4 Å². The van der Waals surface area contributed by atoms with E-state index in [4.69, 9.17) is 4.74 Å². The summed E-state index contributed by atoms with van der Waals surface area (Å²) in [5.41, 5.74) is 3.40. The van der Waals surface area contributed by atoms with Crippen LogP contribution in [0.5, 0.6) is 0 Å². The van der Waals surface area contributed by atoms with Crippen LogP contribution in [-0.2, 0) is 25.5 Å². The average Bonchev–Trinajstić information content (AvgIpc) is 2.68. The third kappa shape index (κ3) is 8.60. The zero-order chi connectivity index (χ0) is 21.1. The standard InChI is InChI=1S/C23H28N2O4/c1-17-13-14-20(16-21(17)24-18(2)26)25-22(27)11-6-12-23(28)29-15-7-10-19-8-4-3-5-9-19/h3-5,8-9,13-14,16H,6-7,10-12,15H2,1-2H3,(H,24,26)(H,25,27). The molecule has 0 saturated carbocycles. The Bertz CT molecular complexity index is 834. The van der Waals surface area contributed by atoms with Gasteiger partial charge in [0, 0.05) is 31.1 Å². The molecular weight excluding hydrogens is 368 g/mol. The lowest BCUT2D eigenvalue weighted by atomic mass is 10.1. The molecule has 0 aromatic heterocycles. The number of aryl methyl sites for hydroxylation is 2. The summed E-state index contributed by atoms with van der Waals surface area (Å²) in [5.74, 6) is -0.632. The molecule has 0 saturated heterocycles. The summed E-state index contributed by atoms with van der Waals surface area (Å²) < 4.78 is 5.22. The van der Waals surface area contributed by atoms with Crippen molar-refractivity contribution in [3.05, 3.63) is 59.7 Å². The number of hydrogen-bond acceptors (Lipinski definition) is 4. The summed E-state index contributed by atoms with van der Waals surface area (Å²) in [6.45, 7) is 3.70. The Balaban J connectivity index is 1.63. The molecule has 2 aromatic carbocycles. The lowest BCUT2D eigenvalue weighted by Crippen LogP contribution is -2.14. The van der Waals surface area contributed by atoms with Crippen LogP contribution >= 0.6 is 0 Å². The van der Waals surface area contributed by atoms with E-state index in [0.717, 1.165) is 18.4 Å². The maximum absolute atomic E-state index is 12.1. The van der Waals surface area contributed by atoms with Gasteiger partial charge in [-0.3, -0.25) is 14.4 Å². The monoisotopic (exact) mass is 396 g/mol. The molecule has 0 unspecified atom stereocenters. The lowest BCUT2D eigenvalue weighted by molar-refractivity contribution is -0.143. The van der Waals surface area contributed by atoms with E-state index in [2.05, 4.69) is 10.6 Å². The predicted octanol–water partition coefficient (Wildman–Crippen LogP) is 4.24. The smallest absolute Gasteiger partial charge is 0.305 e. The van der Waals surface area contributed by atoms with Gasteiger partial charge in [-0.05, 0) is 49.4 Å². The molecule has 29 heavy (non-hydrogen) atoms. The second kappa shape index (κ2) is 11.6. The molecule has 2 aromatic rings. The molecule has 2 N–H and O–H groups in total. The second-order valence-electron chi connectivity index (χ2n) is 6.92. The van der Waals surface area contributed by atoms with Gasteiger partial charge in [0.1, 0.15) is 0 Å². The molecule has 0 spiro atoms. The maximum Gasteiger partial charge on any atom is 0.305 e. The maximum atomic E-state index is 12.1. The van der Waals surface area contributed by atoms with Gasteiger partial charge in [-0.15, -0.1) is 0 Å². The van der Waals surface area contributed by atoms with E-state index in [1.54, 1.807) is 12.1 Å². The number of esters is 1. The molecule has 0 aliphatic rings. The Labute approximate surface area is 171 Å². The molecule has 6 nitrogen and oxygen atoms in total. The number of rotatable bonds is 10. The minimum Gasteiger partial charge on any atom is -0.466 e. The first-order chi connectivity index (χ1) is 13.9. The fourth-order valence-electron chi connectivity index (χ4n) is 2.82. The number of carbonyl (C=O) groups is 3. The molecule has 0 aliphatic heterocycles. The Morgan fingerprint density at radius 2 is 1.69 bits per heavy atom. The van der Waals surface area contributed by atoms with E-state index in [-0.39, 0.29) is 30.6 Å². The highest BCUT2D eigenvalue weighted by Crippen LogP contribution is 2.20. The van der Waals surface area contributed by atoms with Gasteiger partial charge in [0.05, 0.1) is 6.61 Å². The van der Waals surface area contributed by atoms with Crippen LogP contribution in [0.15, 0.2) is 48.5 Å². The number of hydrogen-bond donors (Lipinski definition) is 2. The summed E-state index contributed by atoms with van der Waals surface area (Å²) in [5, 5.41) is 5.51. The van der Waals surface area contributed by atoms with Crippen molar-refractivity contribution in [1.29, 1.82) is 0 Å². The molecule has 0 atom stereocenters. The van der Waals surface area contributed by atoms with Crippen molar-refractivity contribution in [2.45, 2.75) is 46.0 Å². The first kappa shape index (κ1) is 22.1. The normalized spacial score (nSPS) is 10.3. The van der Waals surface area contributed by atoms with Gasteiger partial charge < -0.3 is 15.4 Å². The summed E-state index contributed by atoms with van der Waals surface area (Å²) in [4.78, 5) is 35.1. The Kier molecular flexibility index (Phi) is 8.89. The average molecular weight is 396 g/mol. The van der Waals surface area contributed by atoms with Crippen LogP contribution in [0, 0.1) is 6.92 Å². The number of amides is 2. The van der Waals surface area contributed by atoms with Crippen LogP contribution < -0.4 is 10.6 Å². The Hall–Kier alpha value is -3.15. The third-order valence-corrected chi connectivity index (χ3v) is 4.33. The van der Waals surface area contributed by atoms with Crippen molar-refractivity contribution in [2.75, 3.05) is 17.2 Å². The summed E-state index contributed by atoms with van der Waals surface area (Å²) in [6, 6.07) is 15.4. The van der Waals surface area contributed by atoms with Crippen LogP contribution in [0.1, 0.15) is 43.7 Å². The van der Waals surface area contributed by atoms with Gasteiger partial charge in [0.15, 0.2) is 0 Å². The lowest BCUT2D eigenvalue weighted by Gasteiger charge is -2.10. The topological polar surface area (TPSA) is 84.5 Å². The van der Waals surface area contributed by atoms with Gasteiger partial charge >= 0.3 is 5.97 Å². The van der Waals surface area contributed by atoms with Gasteiger partial charge in [-0.1, -0.05) is 36.4 Å². The first-order valence-electron chi connectivity index (χ1n) is 9.81. The van der Waals surface area contributed by atoms with E-state index in [1.807, 2.05) is 43.3 Å². The van der Waals surface area contributed by atoms with Crippen molar-refractivity contribution in [3.8, 4) is 0 Å². The van der Waals surface area contributed by atoms with E-state index in [0.29, 0.717) is 24.4 Å². The third-order valence-electron chi connectivity index (χ3n) is 4.33. The van der Waals surface area contributed by atoms with E-state index in [1.165, 1.54) is 12.5 Å². The summed E-state index contributed by atoms with van der Waals surface area (Å²) >= 11 is 0. The van der Waals surface area contributed by atoms with Crippen molar-refractivity contribution in [2.24, 2.45) is 0 Å². The van der Waals surface area contributed by atoms with Crippen molar-refractivity contribution in [3.63, 3.8) is 0 Å². The van der Waals surface area contributed by atoms with Crippen molar-refractivity contribution < 1.29 is 19.1 Å². The number of ether oxygens (including phenoxy) is 1. The SMILES string of the molecule is CC(=O)Nc1cc(NC(=O)CCCC(=O)OCCCc2ccccc2)ccc1C. The molecule has 0 radical (unpaired) electrons. The summed E-state index contributed by atoms with van der Waals surface area (Å²) in [7, 11) is 0. The van der Waals surface area contributed by atoms with Crippen molar-refractivity contribution in [1.82, 2.24) is 0 Å². The molecule has 0 fully saturated rings. The Morgan fingerprint density at radius 3 is 2.41 bits per heavy atom. The first-order valence-corrected chi connectivity index (χ1v) is 9.81. The van der Waals surface area contributed by atoms with E-state index in [9.17, 15) is 14.4 Å². The van der Waals surface area contributed by atoms with Crippen LogP contribution in [0.25, 0.3) is 0 Å². The quantitative estimate of drug-likeness (QED) is 0.465. The number of benzene rings is 2. The largest absolute Gasteiger partial charge is 0.466 e. The minimum atomic E-state index is -0.283. The zero-order valence-electron chi connectivity index (χ0n) is 17.0. The highest BCUT2D eigenvalue weighted by atomic mass is 16.5. The molecule has 2 rings (SSSR count). The molecule has 2 amide bonds. The number of anilines is 2. The highest BCUT2D eigenvalue weighted by Gasteiger charge is 2.08. The van der Waals surface area contributed by atoms with Gasteiger partial charge in [0.25, 0.3) is 0 Å². The van der Waals surface area contributed by atoms with Crippen LogP contribution in [0.2, 0.25) is 0 Å². The minimum absolute atomic E-state index is 0.168. The van der Waals surface area contributed by atoms with Gasteiger partial charge in [0.2, 0.25) is 11.8 Å². The second-order valence-corrected chi connectivity index (χ2v) is 6.92. The Morgan fingerprint density at radius 1 is 0.931 bits per heavy atom. The van der Waals surface area contributed by atoms with E-state index < -0.39 is 0 Å². The molecule has 0 bridgehead atoms. The van der Waals surface area contributed by atoms with Crippen LogP contribution in [0.3, 0.4) is 0 Å². The molecule has 0 aliphatic carbocycles. The molecule has 0 heterocycles. The van der Waals surface area contributed by atoms with Crippen molar-refractivity contribution >= 4 is 29.2 Å². The molecule has 6 heteroatoms. The summed E-state index contributed by atoms with van der Waals surface area (Å²) in [6.07, 6.45) is 2.51. The molecule has 154 valence electrons. The number of carbonyl (C=O) groups excluding carboxylic acids is 3. The van der Waals surface area contributed by atoms with Crippen LogP contribution in [0.4, 0.5) is 11.4 Å².